The zero-order chi connectivity index (χ0) is 12.9. The number of alkyl carbamates (subject to hydrolysis) is 1. The summed E-state index contributed by atoms with van der Waals surface area (Å²) in [6.07, 6.45) is 3.05. The quantitative estimate of drug-likeness (QED) is 0.767. The van der Waals surface area contributed by atoms with Crippen LogP contribution in [0.2, 0.25) is 0 Å². The van der Waals surface area contributed by atoms with Crippen LogP contribution in [0.25, 0.3) is 0 Å². The summed E-state index contributed by atoms with van der Waals surface area (Å²) in [5.74, 6) is 0. The standard InChI is InChI=1S/C10H19NO5S/c1-3-15-10(12)11-8-4-6-9(7-5-8)16-17(2,13)14/h8-9H,3-7H2,1-2H3,(H,11,12)/t8-,9+. The van der Waals surface area contributed by atoms with E-state index in [1.54, 1.807) is 6.92 Å². The Bertz CT molecular complexity index is 346. The topological polar surface area (TPSA) is 81.7 Å². The molecule has 0 aliphatic heterocycles. The van der Waals surface area contributed by atoms with Gasteiger partial charge in [0.05, 0.1) is 19.0 Å². The zero-order valence-electron chi connectivity index (χ0n) is 10.1. The minimum absolute atomic E-state index is 0.0495. The number of nitrogens with one attached hydrogen (secondary N) is 1. The van der Waals surface area contributed by atoms with Gasteiger partial charge in [-0.25, -0.2) is 4.79 Å². The molecule has 0 aromatic heterocycles. The van der Waals surface area contributed by atoms with E-state index in [0.29, 0.717) is 32.3 Å². The molecule has 1 rings (SSSR count). The third-order valence-electron chi connectivity index (χ3n) is 2.58. The highest BCUT2D eigenvalue weighted by atomic mass is 32.2. The number of amides is 1. The van der Waals surface area contributed by atoms with Crippen molar-refractivity contribution in [2.24, 2.45) is 0 Å². The van der Waals surface area contributed by atoms with Gasteiger partial charge in [-0.2, -0.15) is 8.42 Å². The number of carbonyl (C=O) groups is 1. The smallest absolute Gasteiger partial charge is 0.407 e. The lowest BCUT2D eigenvalue weighted by atomic mass is 9.93. The third-order valence-corrected chi connectivity index (χ3v) is 3.20. The molecule has 0 heterocycles. The van der Waals surface area contributed by atoms with Gasteiger partial charge in [-0.15, -0.1) is 0 Å². The van der Waals surface area contributed by atoms with Gasteiger partial charge in [0.25, 0.3) is 10.1 Å². The molecule has 1 aliphatic carbocycles. The van der Waals surface area contributed by atoms with Gasteiger partial charge in [0.15, 0.2) is 0 Å². The second kappa shape index (κ2) is 6.20. The molecule has 0 atom stereocenters. The van der Waals surface area contributed by atoms with E-state index in [1.165, 1.54) is 0 Å². The lowest BCUT2D eigenvalue weighted by molar-refractivity contribution is 0.126. The Hall–Kier alpha value is -0.820. The Kier molecular flexibility index (Phi) is 5.20. The molecule has 0 aromatic rings. The third kappa shape index (κ3) is 5.88. The number of rotatable bonds is 4. The van der Waals surface area contributed by atoms with Crippen molar-refractivity contribution in [3.05, 3.63) is 0 Å². The fraction of sp³-hybridized carbons (Fsp3) is 0.900. The second-order valence-corrected chi connectivity index (χ2v) is 5.74. The fourth-order valence-electron chi connectivity index (χ4n) is 1.89. The summed E-state index contributed by atoms with van der Waals surface area (Å²) in [5, 5.41) is 2.74. The molecule has 1 saturated carbocycles. The van der Waals surface area contributed by atoms with E-state index in [0.717, 1.165) is 6.26 Å². The van der Waals surface area contributed by atoms with Gasteiger partial charge in [0.2, 0.25) is 0 Å². The molecule has 0 spiro atoms. The molecule has 100 valence electrons. The van der Waals surface area contributed by atoms with Crippen LogP contribution in [-0.4, -0.2) is 39.5 Å². The van der Waals surface area contributed by atoms with E-state index >= 15 is 0 Å². The summed E-state index contributed by atoms with van der Waals surface area (Å²) < 4.78 is 31.5. The van der Waals surface area contributed by atoms with Crippen LogP contribution < -0.4 is 5.32 Å². The molecule has 6 nitrogen and oxygen atoms in total. The first-order chi connectivity index (χ1) is 7.90. The molecule has 1 fully saturated rings. The van der Waals surface area contributed by atoms with Gasteiger partial charge in [-0.3, -0.25) is 4.18 Å². The molecule has 1 aliphatic rings. The van der Waals surface area contributed by atoms with E-state index in [4.69, 9.17) is 8.92 Å². The van der Waals surface area contributed by atoms with Crippen molar-refractivity contribution in [3.8, 4) is 0 Å². The Morgan fingerprint density at radius 1 is 1.29 bits per heavy atom. The molecule has 0 bridgehead atoms. The minimum atomic E-state index is -3.38. The summed E-state index contributed by atoms with van der Waals surface area (Å²) in [6.45, 7) is 2.09. The Labute approximate surface area is 102 Å². The molecule has 17 heavy (non-hydrogen) atoms. The summed E-state index contributed by atoms with van der Waals surface area (Å²) >= 11 is 0. The van der Waals surface area contributed by atoms with Crippen molar-refractivity contribution in [1.29, 1.82) is 0 Å². The van der Waals surface area contributed by atoms with Gasteiger partial charge >= 0.3 is 6.09 Å². The number of ether oxygens (including phenoxy) is 1. The van der Waals surface area contributed by atoms with Crippen molar-refractivity contribution in [2.75, 3.05) is 12.9 Å². The number of carbonyl (C=O) groups excluding carboxylic acids is 1. The van der Waals surface area contributed by atoms with Gasteiger partial charge in [-0.1, -0.05) is 0 Å². The monoisotopic (exact) mass is 265 g/mol. The molecule has 1 N–H and O–H groups in total. The highest BCUT2D eigenvalue weighted by Crippen LogP contribution is 2.22. The summed E-state index contributed by atoms with van der Waals surface area (Å²) in [6, 6.07) is 0.0495. The van der Waals surface area contributed by atoms with Crippen molar-refractivity contribution in [3.63, 3.8) is 0 Å². The first-order valence-electron chi connectivity index (χ1n) is 5.72. The predicted octanol–water partition coefficient (Wildman–Crippen LogP) is 1.02. The largest absolute Gasteiger partial charge is 0.450 e. The van der Waals surface area contributed by atoms with E-state index < -0.39 is 16.2 Å². The number of hydrogen-bond donors (Lipinski definition) is 1. The van der Waals surface area contributed by atoms with E-state index in [9.17, 15) is 13.2 Å². The van der Waals surface area contributed by atoms with E-state index in [-0.39, 0.29) is 12.1 Å². The Morgan fingerprint density at radius 3 is 2.35 bits per heavy atom. The molecular formula is C10H19NO5S. The minimum Gasteiger partial charge on any atom is -0.450 e. The first-order valence-corrected chi connectivity index (χ1v) is 7.54. The second-order valence-electron chi connectivity index (χ2n) is 4.14. The summed E-state index contributed by atoms with van der Waals surface area (Å²) in [7, 11) is -3.38. The van der Waals surface area contributed by atoms with Crippen LogP contribution in [0.5, 0.6) is 0 Å². The summed E-state index contributed by atoms with van der Waals surface area (Å²) in [4.78, 5) is 11.2. The van der Waals surface area contributed by atoms with Crippen molar-refractivity contribution in [1.82, 2.24) is 5.32 Å². The van der Waals surface area contributed by atoms with Gasteiger partial charge in [-0.05, 0) is 32.6 Å². The van der Waals surface area contributed by atoms with Crippen molar-refractivity contribution >= 4 is 16.2 Å². The van der Waals surface area contributed by atoms with Crippen molar-refractivity contribution < 1.29 is 22.1 Å². The van der Waals surface area contributed by atoms with Gasteiger partial charge in [0.1, 0.15) is 0 Å². The SMILES string of the molecule is CCOC(=O)N[C@H]1CC[C@@H](OS(C)(=O)=O)CC1. The van der Waals surface area contributed by atoms with E-state index in [2.05, 4.69) is 5.32 Å². The van der Waals surface area contributed by atoms with Crippen LogP contribution in [0.4, 0.5) is 4.79 Å². The highest BCUT2D eigenvalue weighted by molar-refractivity contribution is 7.86. The molecule has 0 radical (unpaired) electrons. The van der Waals surface area contributed by atoms with Crippen molar-refractivity contribution in [2.45, 2.75) is 44.8 Å². The molecular weight excluding hydrogens is 246 g/mol. The van der Waals surface area contributed by atoms with Crippen LogP contribution in [0, 0.1) is 0 Å². The maximum absolute atomic E-state index is 11.2. The average molecular weight is 265 g/mol. The molecule has 7 heteroatoms. The fourth-order valence-corrected chi connectivity index (χ4v) is 2.58. The van der Waals surface area contributed by atoms with Gasteiger partial charge < -0.3 is 10.1 Å². The van der Waals surface area contributed by atoms with E-state index in [1.807, 2.05) is 0 Å². The maximum atomic E-state index is 11.2. The lowest BCUT2D eigenvalue weighted by Gasteiger charge is -2.27. The maximum Gasteiger partial charge on any atom is 0.407 e. The predicted molar refractivity (Wildman–Crippen MR) is 62.1 cm³/mol. The first kappa shape index (κ1) is 14.2. The molecule has 1 amide bonds. The van der Waals surface area contributed by atoms with Crippen LogP contribution in [-0.2, 0) is 19.0 Å². The highest BCUT2D eigenvalue weighted by Gasteiger charge is 2.25. The van der Waals surface area contributed by atoms with Crippen LogP contribution in [0.1, 0.15) is 32.6 Å². The van der Waals surface area contributed by atoms with Crippen LogP contribution in [0.3, 0.4) is 0 Å². The van der Waals surface area contributed by atoms with Crippen LogP contribution >= 0.6 is 0 Å². The van der Waals surface area contributed by atoms with Gasteiger partial charge in [0, 0.05) is 6.04 Å². The Morgan fingerprint density at radius 2 is 1.88 bits per heavy atom. The average Bonchev–Trinajstić information content (AvgIpc) is 2.19. The normalized spacial score (nSPS) is 25.3. The number of hydrogen-bond acceptors (Lipinski definition) is 5. The van der Waals surface area contributed by atoms with Crippen LogP contribution in [0.15, 0.2) is 0 Å². The zero-order valence-corrected chi connectivity index (χ0v) is 11.0. The lowest BCUT2D eigenvalue weighted by Crippen LogP contribution is -2.39. The molecule has 0 aromatic carbocycles. The summed E-state index contributed by atoms with van der Waals surface area (Å²) in [5.41, 5.74) is 0. The molecule has 0 unspecified atom stereocenters. The molecule has 0 saturated heterocycles. The Balaban J connectivity index is 2.28.